The number of rotatable bonds is 3. The van der Waals surface area contributed by atoms with Crippen molar-refractivity contribution < 1.29 is 0 Å². The highest BCUT2D eigenvalue weighted by Crippen LogP contribution is 2.17. The third kappa shape index (κ3) is 2.56. The fourth-order valence-corrected chi connectivity index (χ4v) is 2.14. The molecule has 15 heavy (non-hydrogen) atoms. The van der Waals surface area contributed by atoms with Gasteiger partial charge in [-0.2, -0.15) is 0 Å². The van der Waals surface area contributed by atoms with E-state index in [9.17, 15) is 0 Å². The summed E-state index contributed by atoms with van der Waals surface area (Å²) >= 11 is 0. The molecule has 1 aliphatic heterocycles. The Bertz CT molecular complexity index is 280. The molecule has 82 valence electrons. The lowest BCUT2D eigenvalue weighted by Crippen LogP contribution is -2.48. The molecular formula is C12H19N3. The van der Waals surface area contributed by atoms with Crippen LogP contribution < -0.4 is 10.6 Å². The van der Waals surface area contributed by atoms with E-state index in [0.29, 0.717) is 6.17 Å². The minimum absolute atomic E-state index is 0.355. The molecule has 0 aromatic heterocycles. The van der Waals surface area contributed by atoms with Gasteiger partial charge in [0, 0.05) is 26.2 Å². The molecule has 1 aromatic rings. The monoisotopic (exact) mass is 205 g/mol. The minimum Gasteiger partial charge on any atom is -0.314 e. The summed E-state index contributed by atoms with van der Waals surface area (Å²) in [5.41, 5.74) is 1.35. The lowest BCUT2D eigenvalue weighted by molar-refractivity contribution is 0.153. The highest BCUT2D eigenvalue weighted by atomic mass is 15.3. The molecule has 1 heterocycles. The Balaban J connectivity index is 2.09. The predicted octanol–water partition coefficient (Wildman–Crippen LogP) is 0.810. The first kappa shape index (κ1) is 10.6. The first-order valence-electron chi connectivity index (χ1n) is 5.59. The zero-order valence-corrected chi connectivity index (χ0v) is 9.24. The average Bonchev–Trinajstić information content (AvgIpc) is 2.33. The van der Waals surface area contributed by atoms with Crippen LogP contribution in [0.25, 0.3) is 0 Å². The summed E-state index contributed by atoms with van der Waals surface area (Å²) in [7, 11) is 2.03. The van der Waals surface area contributed by atoms with E-state index in [4.69, 9.17) is 0 Å². The topological polar surface area (TPSA) is 27.3 Å². The van der Waals surface area contributed by atoms with Gasteiger partial charge in [0.15, 0.2) is 0 Å². The molecule has 0 saturated carbocycles. The molecule has 3 nitrogen and oxygen atoms in total. The average molecular weight is 205 g/mol. The van der Waals surface area contributed by atoms with E-state index in [1.807, 2.05) is 7.05 Å². The number of hydrogen-bond acceptors (Lipinski definition) is 3. The van der Waals surface area contributed by atoms with E-state index < -0.39 is 0 Å². The molecular weight excluding hydrogens is 186 g/mol. The minimum atomic E-state index is 0.355. The van der Waals surface area contributed by atoms with Gasteiger partial charge < -0.3 is 10.6 Å². The third-order valence-corrected chi connectivity index (χ3v) is 2.91. The summed E-state index contributed by atoms with van der Waals surface area (Å²) in [6.07, 6.45) is 0.355. The Morgan fingerprint density at radius 2 is 1.87 bits per heavy atom. The highest BCUT2D eigenvalue weighted by molar-refractivity contribution is 5.18. The Hall–Kier alpha value is -0.900. The maximum absolute atomic E-state index is 3.39. The molecule has 0 aliphatic carbocycles. The van der Waals surface area contributed by atoms with E-state index in [2.05, 4.69) is 45.9 Å². The van der Waals surface area contributed by atoms with Crippen LogP contribution in [-0.2, 0) is 0 Å². The van der Waals surface area contributed by atoms with Crippen LogP contribution in [0.2, 0.25) is 0 Å². The van der Waals surface area contributed by atoms with E-state index in [0.717, 1.165) is 26.2 Å². The smallest absolute Gasteiger partial charge is 0.0859 e. The van der Waals surface area contributed by atoms with Gasteiger partial charge in [-0.05, 0) is 12.6 Å². The third-order valence-electron chi connectivity index (χ3n) is 2.91. The lowest BCUT2D eigenvalue weighted by Gasteiger charge is -2.34. The zero-order chi connectivity index (χ0) is 10.5. The molecule has 1 atom stereocenters. The molecule has 0 bridgehead atoms. The van der Waals surface area contributed by atoms with Crippen molar-refractivity contribution in [2.45, 2.75) is 6.17 Å². The molecule has 0 spiro atoms. The largest absolute Gasteiger partial charge is 0.314 e. The molecule has 3 heteroatoms. The van der Waals surface area contributed by atoms with Crippen molar-refractivity contribution in [1.29, 1.82) is 0 Å². The summed E-state index contributed by atoms with van der Waals surface area (Å²) in [6, 6.07) is 10.6. The van der Waals surface area contributed by atoms with Gasteiger partial charge >= 0.3 is 0 Å². The predicted molar refractivity (Wildman–Crippen MR) is 62.7 cm³/mol. The van der Waals surface area contributed by atoms with Gasteiger partial charge in [0.2, 0.25) is 0 Å². The summed E-state index contributed by atoms with van der Waals surface area (Å²) in [4.78, 5) is 2.48. The maximum Gasteiger partial charge on any atom is 0.0859 e. The Labute approximate surface area is 91.5 Å². The van der Waals surface area contributed by atoms with E-state index in [1.165, 1.54) is 5.56 Å². The molecule has 2 rings (SSSR count). The molecule has 1 fully saturated rings. The van der Waals surface area contributed by atoms with E-state index >= 15 is 0 Å². The first-order chi connectivity index (χ1) is 7.42. The quantitative estimate of drug-likeness (QED) is 0.764. The second kappa shape index (κ2) is 5.26. The van der Waals surface area contributed by atoms with Gasteiger partial charge in [0.1, 0.15) is 0 Å². The van der Waals surface area contributed by atoms with Crippen LogP contribution in [0.1, 0.15) is 11.7 Å². The second-order valence-corrected chi connectivity index (χ2v) is 3.89. The fraction of sp³-hybridized carbons (Fsp3) is 0.500. The number of piperazine rings is 1. The van der Waals surface area contributed by atoms with E-state index in [-0.39, 0.29) is 0 Å². The van der Waals surface area contributed by atoms with Crippen molar-refractivity contribution in [3.8, 4) is 0 Å². The van der Waals surface area contributed by atoms with E-state index in [1.54, 1.807) is 0 Å². The van der Waals surface area contributed by atoms with Gasteiger partial charge in [0.05, 0.1) is 6.17 Å². The van der Waals surface area contributed by atoms with Gasteiger partial charge in [-0.25, -0.2) is 0 Å². The summed E-state index contributed by atoms with van der Waals surface area (Å²) < 4.78 is 0. The van der Waals surface area contributed by atoms with Crippen LogP contribution in [0.4, 0.5) is 0 Å². The van der Waals surface area contributed by atoms with Crippen LogP contribution in [0.3, 0.4) is 0 Å². The van der Waals surface area contributed by atoms with Crippen molar-refractivity contribution >= 4 is 0 Å². The molecule has 1 saturated heterocycles. The van der Waals surface area contributed by atoms with Crippen LogP contribution in [0.5, 0.6) is 0 Å². The van der Waals surface area contributed by atoms with Crippen molar-refractivity contribution in [1.82, 2.24) is 15.5 Å². The van der Waals surface area contributed by atoms with Gasteiger partial charge in [-0.15, -0.1) is 0 Å². The Kier molecular flexibility index (Phi) is 3.72. The maximum atomic E-state index is 3.39. The number of nitrogens with zero attached hydrogens (tertiary/aromatic N) is 1. The summed E-state index contributed by atoms with van der Waals surface area (Å²) in [6.45, 7) is 4.40. The van der Waals surface area contributed by atoms with Crippen molar-refractivity contribution in [2.75, 3.05) is 33.2 Å². The van der Waals surface area contributed by atoms with Gasteiger partial charge in [0.25, 0.3) is 0 Å². The van der Waals surface area contributed by atoms with Gasteiger partial charge in [-0.3, -0.25) is 4.90 Å². The Morgan fingerprint density at radius 1 is 1.20 bits per heavy atom. The van der Waals surface area contributed by atoms with Crippen molar-refractivity contribution in [3.05, 3.63) is 35.9 Å². The van der Waals surface area contributed by atoms with Crippen molar-refractivity contribution in [2.24, 2.45) is 0 Å². The molecule has 1 unspecified atom stereocenters. The van der Waals surface area contributed by atoms with Crippen LogP contribution in [0, 0.1) is 0 Å². The highest BCUT2D eigenvalue weighted by Gasteiger charge is 2.19. The fourth-order valence-electron chi connectivity index (χ4n) is 2.14. The molecule has 0 amide bonds. The standard InChI is InChI=1S/C12H19N3/c1-13-12(11-5-3-2-4-6-11)15-9-7-14-8-10-15/h2-6,12-14H,7-10H2,1H3. The van der Waals surface area contributed by atoms with Crippen LogP contribution in [0.15, 0.2) is 30.3 Å². The van der Waals surface area contributed by atoms with Gasteiger partial charge in [-0.1, -0.05) is 30.3 Å². The normalized spacial score (nSPS) is 20.1. The molecule has 1 aromatic carbocycles. The van der Waals surface area contributed by atoms with Crippen LogP contribution in [-0.4, -0.2) is 38.1 Å². The van der Waals surface area contributed by atoms with Crippen molar-refractivity contribution in [3.63, 3.8) is 0 Å². The number of nitrogens with one attached hydrogen (secondary N) is 2. The Morgan fingerprint density at radius 3 is 2.47 bits per heavy atom. The first-order valence-corrected chi connectivity index (χ1v) is 5.59. The van der Waals surface area contributed by atoms with Crippen LogP contribution >= 0.6 is 0 Å². The number of benzene rings is 1. The number of hydrogen-bond donors (Lipinski definition) is 2. The lowest BCUT2D eigenvalue weighted by atomic mass is 10.1. The molecule has 0 radical (unpaired) electrons. The molecule has 1 aliphatic rings. The summed E-state index contributed by atoms with van der Waals surface area (Å²) in [5, 5.41) is 6.76. The SMILES string of the molecule is CNC(c1ccccc1)N1CCNCC1. The molecule has 2 N–H and O–H groups in total. The summed E-state index contributed by atoms with van der Waals surface area (Å²) in [5.74, 6) is 0. The zero-order valence-electron chi connectivity index (χ0n) is 9.24. The second-order valence-electron chi connectivity index (χ2n) is 3.89.